The van der Waals surface area contributed by atoms with Crippen LogP contribution in [-0.2, 0) is 19.7 Å². The summed E-state index contributed by atoms with van der Waals surface area (Å²) < 4.78 is 64.4. The maximum Gasteiger partial charge on any atom is 0.180 e. The lowest BCUT2D eigenvalue weighted by atomic mass is 10.1. The van der Waals surface area contributed by atoms with Crippen molar-refractivity contribution in [3.63, 3.8) is 0 Å². The number of aromatic nitrogens is 6. The molecule has 0 saturated heterocycles. The van der Waals surface area contributed by atoms with Crippen LogP contribution in [0.4, 0.5) is 21.8 Å². The van der Waals surface area contributed by atoms with E-state index in [0.29, 0.717) is 48.3 Å². The van der Waals surface area contributed by atoms with Gasteiger partial charge in [0.05, 0.1) is 56.5 Å². The number of hydrogen-bond donors (Lipinski definition) is 3. The number of benzene rings is 3. The van der Waals surface area contributed by atoms with Crippen molar-refractivity contribution >= 4 is 80.9 Å². The zero-order valence-corrected chi connectivity index (χ0v) is 35.4. The first kappa shape index (κ1) is 43.6. The molecule has 0 fully saturated rings. The first-order valence-corrected chi connectivity index (χ1v) is 21.3. The van der Waals surface area contributed by atoms with Gasteiger partial charge in [0.1, 0.15) is 20.7 Å². The fraction of sp³-hybridized carbons (Fsp3) is 0.158. The molecule has 292 valence electrons. The normalized spacial score (nSPS) is 11.7. The van der Waals surface area contributed by atoms with E-state index in [4.69, 9.17) is 17.2 Å². The molecule has 0 unspecified atom stereocenters. The third kappa shape index (κ3) is 11.4. The zero-order valence-electron chi connectivity index (χ0n) is 30.5. The molecule has 6 aromatic rings. The smallest absolute Gasteiger partial charge is 0.180 e. The Morgan fingerprint density at radius 2 is 1.11 bits per heavy atom. The van der Waals surface area contributed by atoms with Crippen LogP contribution in [0, 0.1) is 0 Å². The van der Waals surface area contributed by atoms with E-state index in [1.54, 1.807) is 101 Å². The van der Waals surface area contributed by atoms with E-state index in [1.807, 2.05) is 6.07 Å². The van der Waals surface area contributed by atoms with Crippen LogP contribution in [0.15, 0.2) is 123 Å². The number of rotatable bonds is 8. The predicted octanol–water partition coefficient (Wildman–Crippen LogP) is 7.87. The summed E-state index contributed by atoms with van der Waals surface area (Å²) in [6.45, 7) is 6.57. The van der Waals surface area contributed by atoms with E-state index >= 15 is 0 Å². The Morgan fingerprint density at radius 1 is 0.625 bits per heavy atom. The van der Waals surface area contributed by atoms with Crippen LogP contribution in [0.5, 0.6) is 0 Å². The van der Waals surface area contributed by atoms with Crippen LogP contribution in [0.2, 0.25) is 0 Å². The maximum atomic E-state index is 14.7. The molecule has 0 aliphatic carbocycles. The van der Waals surface area contributed by atoms with Crippen LogP contribution < -0.4 is 17.2 Å². The summed E-state index contributed by atoms with van der Waals surface area (Å²) in [5, 5.41) is -0.961. The molecule has 56 heavy (non-hydrogen) atoms. The molecular formula is C38H38Br2FN9O4S2. The number of hydrogen-bond acceptors (Lipinski definition) is 13. The third-order valence-electron chi connectivity index (χ3n) is 7.71. The summed E-state index contributed by atoms with van der Waals surface area (Å²) in [5.74, 6) is 0.130. The van der Waals surface area contributed by atoms with Crippen molar-refractivity contribution in [1.29, 1.82) is 0 Å². The van der Waals surface area contributed by atoms with Crippen molar-refractivity contribution in [3.05, 3.63) is 124 Å². The maximum absolute atomic E-state index is 14.7. The molecule has 18 heteroatoms. The molecule has 0 spiro atoms. The summed E-state index contributed by atoms with van der Waals surface area (Å²) >= 11 is 6.33. The first-order valence-electron chi connectivity index (χ1n) is 16.6. The highest BCUT2D eigenvalue weighted by molar-refractivity contribution is 9.10. The number of sulfone groups is 2. The van der Waals surface area contributed by atoms with Gasteiger partial charge >= 0.3 is 0 Å². The average molecular weight is 928 g/mol. The van der Waals surface area contributed by atoms with Crippen LogP contribution in [0.1, 0.15) is 39.0 Å². The molecule has 0 radical (unpaired) electrons. The fourth-order valence-corrected chi connectivity index (χ4v) is 7.11. The van der Waals surface area contributed by atoms with Gasteiger partial charge in [0.2, 0.25) is 0 Å². The van der Waals surface area contributed by atoms with Crippen molar-refractivity contribution < 1.29 is 21.2 Å². The van der Waals surface area contributed by atoms with Gasteiger partial charge < -0.3 is 17.2 Å². The minimum Gasteiger partial charge on any atom is -0.382 e. The summed E-state index contributed by atoms with van der Waals surface area (Å²) in [5.41, 5.74) is 19.7. The van der Waals surface area contributed by atoms with Crippen LogP contribution in [0.3, 0.4) is 0 Å². The summed E-state index contributed by atoms with van der Waals surface area (Å²) in [6.07, 6.45) is 7.36. The van der Waals surface area contributed by atoms with E-state index < -0.39 is 36.0 Å². The van der Waals surface area contributed by atoms with Gasteiger partial charge in [-0.05, 0) is 95.5 Å². The van der Waals surface area contributed by atoms with Crippen LogP contribution >= 0.6 is 31.9 Å². The molecule has 3 aromatic carbocycles. The van der Waals surface area contributed by atoms with Crippen molar-refractivity contribution in [2.24, 2.45) is 0 Å². The van der Waals surface area contributed by atoms with E-state index in [-0.39, 0.29) is 16.4 Å². The average Bonchev–Trinajstić information content (AvgIpc) is 3.18. The van der Waals surface area contributed by atoms with Crippen molar-refractivity contribution in [3.8, 4) is 22.5 Å². The molecule has 6 N–H and O–H groups in total. The quantitative estimate of drug-likeness (QED) is 0.132. The van der Waals surface area contributed by atoms with Gasteiger partial charge in [-0.15, -0.1) is 0 Å². The number of nitrogens with two attached hydrogens (primary N) is 3. The highest BCUT2D eigenvalue weighted by atomic mass is 79.9. The van der Waals surface area contributed by atoms with Gasteiger partial charge in [0.25, 0.3) is 0 Å². The Kier molecular flexibility index (Phi) is 14.9. The Labute approximate surface area is 341 Å². The lowest BCUT2D eigenvalue weighted by Crippen LogP contribution is -2.13. The van der Waals surface area contributed by atoms with Gasteiger partial charge in [-0.25, -0.2) is 51.1 Å². The van der Waals surface area contributed by atoms with Gasteiger partial charge in [0.15, 0.2) is 37.1 Å². The third-order valence-corrected chi connectivity index (χ3v) is 13.0. The molecule has 3 heterocycles. The molecule has 0 atom stereocenters. The highest BCUT2D eigenvalue weighted by Crippen LogP contribution is 2.27. The number of anilines is 3. The molecule has 0 aliphatic rings. The second kappa shape index (κ2) is 19.1. The number of halogens is 3. The lowest BCUT2D eigenvalue weighted by Gasteiger charge is -2.09. The minimum atomic E-state index is -3.36. The van der Waals surface area contributed by atoms with E-state index in [0.717, 1.165) is 5.56 Å². The molecule has 0 bridgehead atoms. The Hall–Kier alpha value is -5.17. The molecule has 0 aliphatic heterocycles. The molecule has 13 nitrogen and oxygen atoms in total. The minimum absolute atomic E-state index is 0.0209. The second-order valence-corrected chi connectivity index (χ2v) is 18.9. The van der Waals surface area contributed by atoms with Crippen molar-refractivity contribution in [2.75, 3.05) is 17.2 Å². The Balaban J connectivity index is 0.000000215. The SMILES string of the molecule is CC(C)S(=O)(=O)c1ccc(-c2cnc(N)c(/C(F)=C/c3ccccc3)n2)cc1.CC(C)S(=O)(=O)c1ccc(-c2cnc(N)c(Br)n2)cc1.Nc1cnc(Br)cn1. The molecular weight excluding hydrogens is 889 g/mol. The number of nitrogen functional groups attached to an aromatic ring is 3. The highest BCUT2D eigenvalue weighted by Gasteiger charge is 2.20. The fourth-order valence-electron chi connectivity index (χ4n) is 4.49. The Bertz CT molecular complexity index is 2490. The van der Waals surface area contributed by atoms with Crippen molar-refractivity contribution in [1.82, 2.24) is 29.9 Å². The summed E-state index contributed by atoms with van der Waals surface area (Å²) in [6, 6.07) is 21.8. The largest absolute Gasteiger partial charge is 0.382 e. The van der Waals surface area contributed by atoms with Crippen LogP contribution in [0.25, 0.3) is 34.4 Å². The number of nitrogens with zero attached hydrogens (tertiary/aromatic N) is 6. The standard InChI is InChI=1S/C21H20FN3O2S.C13H14BrN3O2S.C4H4BrN3/c1-14(2)28(26,27)17-10-8-16(9-11-17)19-13-24-21(23)20(25-19)18(22)12-15-6-4-3-5-7-15;1-8(2)20(18,19)10-5-3-9(4-6-10)11-7-16-13(15)12(14)17-11;5-3-1-8-4(6)2-7-3/h3-14H,1-2H3,(H2,23,24);3-8H,1-2H3,(H2,15,16);1-2H,(H2,6,8)/b18-12-;;. The Morgan fingerprint density at radius 3 is 1.54 bits per heavy atom. The lowest BCUT2D eigenvalue weighted by molar-refractivity contribution is 0.586. The van der Waals surface area contributed by atoms with E-state index in [2.05, 4.69) is 61.8 Å². The summed E-state index contributed by atoms with van der Waals surface area (Å²) in [4.78, 5) is 24.7. The van der Waals surface area contributed by atoms with Gasteiger partial charge in [0, 0.05) is 11.1 Å². The molecule has 3 aromatic heterocycles. The molecule has 0 saturated carbocycles. The second-order valence-electron chi connectivity index (χ2n) is 12.3. The summed E-state index contributed by atoms with van der Waals surface area (Å²) in [7, 11) is -6.62. The van der Waals surface area contributed by atoms with Gasteiger partial charge in [-0.1, -0.05) is 54.6 Å². The van der Waals surface area contributed by atoms with Crippen LogP contribution in [-0.4, -0.2) is 57.2 Å². The predicted molar refractivity (Wildman–Crippen MR) is 226 cm³/mol. The topological polar surface area (TPSA) is 224 Å². The van der Waals surface area contributed by atoms with E-state index in [9.17, 15) is 21.2 Å². The van der Waals surface area contributed by atoms with Gasteiger partial charge in [-0.2, -0.15) is 0 Å². The van der Waals surface area contributed by atoms with Gasteiger partial charge in [-0.3, -0.25) is 0 Å². The molecule has 6 rings (SSSR count). The van der Waals surface area contributed by atoms with Crippen molar-refractivity contribution in [2.45, 2.75) is 48.0 Å². The monoisotopic (exact) mass is 925 g/mol. The van der Waals surface area contributed by atoms with E-state index in [1.165, 1.54) is 30.6 Å². The zero-order chi connectivity index (χ0) is 41.2. The first-order chi connectivity index (χ1) is 26.4. The molecule has 0 amide bonds.